The molecule has 7 nitrogen and oxygen atoms in total. The van der Waals surface area contributed by atoms with Crippen molar-refractivity contribution in [1.29, 1.82) is 0 Å². The molecule has 0 radical (unpaired) electrons. The van der Waals surface area contributed by atoms with E-state index >= 15 is 0 Å². The topological polar surface area (TPSA) is 89.2 Å². The van der Waals surface area contributed by atoms with Crippen LogP contribution in [-0.2, 0) is 10.9 Å². The zero-order chi connectivity index (χ0) is 23.5. The highest BCUT2D eigenvalue weighted by molar-refractivity contribution is 5.94. The van der Waals surface area contributed by atoms with Crippen LogP contribution in [0.25, 0.3) is 10.8 Å². The minimum absolute atomic E-state index is 0.0135. The number of anilines is 2. The number of rotatable bonds is 4. The van der Waals surface area contributed by atoms with Crippen LogP contribution in [0.15, 0.2) is 24.4 Å². The summed E-state index contributed by atoms with van der Waals surface area (Å²) in [7, 11) is 0. The van der Waals surface area contributed by atoms with Crippen molar-refractivity contribution in [2.24, 2.45) is 5.73 Å². The third-order valence-electron chi connectivity index (χ3n) is 6.26. The van der Waals surface area contributed by atoms with Crippen LogP contribution >= 0.6 is 0 Å². The zero-order valence-corrected chi connectivity index (χ0v) is 17.9. The number of benzene rings is 1. The highest BCUT2D eigenvalue weighted by Gasteiger charge is 2.39. The molecule has 174 valence electrons. The van der Waals surface area contributed by atoms with Gasteiger partial charge < -0.3 is 20.7 Å². The molecule has 5 heterocycles. The second-order valence-electron chi connectivity index (χ2n) is 8.53. The normalized spacial score (nSPS) is 21.1. The summed E-state index contributed by atoms with van der Waals surface area (Å²) in [4.78, 5) is 6.69. The average Bonchev–Trinajstić information content (AvgIpc) is 2.75. The Bertz CT molecular complexity index is 1220. The number of alkyl halides is 3. The smallest absolute Gasteiger partial charge is 0.371 e. The van der Waals surface area contributed by atoms with E-state index in [1.807, 2.05) is 6.07 Å². The molecule has 3 saturated heterocycles. The van der Waals surface area contributed by atoms with Crippen LogP contribution in [0.2, 0.25) is 0 Å². The maximum atomic E-state index is 14.0. The van der Waals surface area contributed by atoms with Crippen LogP contribution in [0, 0.1) is 19.7 Å². The summed E-state index contributed by atoms with van der Waals surface area (Å²) >= 11 is 0. The molecule has 0 amide bonds. The van der Waals surface area contributed by atoms with E-state index < -0.39 is 23.7 Å². The quantitative estimate of drug-likeness (QED) is 0.450. The molecule has 0 saturated carbocycles. The number of pyridine rings is 1. The predicted molar refractivity (Wildman–Crippen MR) is 114 cm³/mol. The molecule has 11 heteroatoms. The Morgan fingerprint density at radius 1 is 1.12 bits per heavy atom. The van der Waals surface area contributed by atoms with E-state index in [1.54, 1.807) is 13.1 Å². The van der Waals surface area contributed by atoms with Gasteiger partial charge in [0.05, 0.1) is 23.5 Å². The highest BCUT2D eigenvalue weighted by atomic mass is 19.4. The van der Waals surface area contributed by atoms with Crippen LogP contribution < -0.4 is 16.0 Å². The van der Waals surface area contributed by atoms with Gasteiger partial charge in [-0.3, -0.25) is 0 Å². The number of nitrogens with zero attached hydrogens (tertiary/aromatic N) is 4. The molecule has 3 aromatic rings. The van der Waals surface area contributed by atoms with Crippen LogP contribution in [0.1, 0.15) is 35.0 Å². The lowest BCUT2D eigenvalue weighted by atomic mass is 9.98. The zero-order valence-electron chi connectivity index (χ0n) is 17.9. The Labute approximate surface area is 186 Å². The fourth-order valence-electron chi connectivity index (χ4n) is 4.53. The lowest BCUT2D eigenvalue weighted by Crippen LogP contribution is -2.57. The number of aryl methyl sites for hydroxylation is 1. The molecule has 6 rings (SSSR count). The van der Waals surface area contributed by atoms with Gasteiger partial charge in [-0.05, 0) is 43.2 Å². The fourth-order valence-corrected chi connectivity index (χ4v) is 4.53. The van der Waals surface area contributed by atoms with Gasteiger partial charge in [-0.2, -0.15) is 18.3 Å². The molecule has 2 aromatic heterocycles. The number of hydrogen-bond donors (Lipinski definition) is 2. The first-order valence-electron chi connectivity index (χ1n) is 10.5. The molecule has 2 bridgehead atoms. The Morgan fingerprint density at radius 3 is 2.48 bits per heavy atom. The first-order valence-corrected chi connectivity index (χ1v) is 10.5. The number of nitrogens with two attached hydrogens (primary N) is 1. The summed E-state index contributed by atoms with van der Waals surface area (Å²) in [5.41, 5.74) is 5.61. The monoisotopic (exact) mass is 462 g/mol. The molecule has 0 spiro atoms. The minimum atomic E-state index is -4.70. The molecule has 1 aromatic carbocycles. The van der Waals surface area contributed by atoms with E-state index in [9.17, 15) is 17.6 Å². The molecular formula is C22H22F4N6O. The number of morpholine rings is 1. The van der Waals surface area contributed by atoms with Crippen LogP contribution in [-0.4, -0.2) is 40.5 Å². The highest BCUT2D eigenvalue weighted by Crippen LogP contribution is 2.36. The van der Waals surface area contributed by atoms with Gasteiger partial charge in [0, 0.05) is 36.5 Å². The van der Waals surface area contributed by atoms with Gasteiger partial charge >= 0.3 is 6.18 Å². The number of halogens is 4. The lowest BCUT2D eigenvalue weighted by Gasteiger charge is -2.47. The molecule has 3 N–H and O–H groups in total. The van der Waals surface area contributed by atoms with Gasteiger partial charge in [0.2, 0.25) is 0 Å². The Morgan fingerprint density at radius 2 is 1.82 bits per heavy atom. The predicted octanol–water partition coefficient (Wildman–Crippen LogP) is 3.85. The first kappa shape index (κ1) is 21.8. The van der Waals surface area contributed by atoms with E-state index in [-0.39, 0.29) is 29.2 Å². The van der Waals surface area contributed by atoms with Crippen molar-refractivity contribution in [3.8, 4) is 0 Å². The summed E-state index contributed by atoms with van der Waals surface area (Å²) in [6.07, 6.45) is -2.71. The third kappa shape index (κ3) is 3.95. The summed E-state index contributed by atoms with van der Waals surface area (Å²) in [5, 5.41) is 12.6. The van der Waals surface area contributed by atoms with Crippen molar-refractivity contribution in [1.82, 2.24) is 15.2 Å². The first-order chi connectivity index (χ1) is 15.6. The van der Waals surface area contributed by atoms with Crippen molar-refractivity contribution in [2.75, 3.05) is 23.3 Å². The number of aromatic nitrogens is 3. The summed E-state index contributed by atoms with van der Waals surface area (Å²) < 4.78 is 59.7. The molecule has 3 fully saturated rings. The van der Waals surface area contributed by atoms with E-state index in [4.69, 9.17) is 10.5 Å². The van der Waals surface area contributed by atoms with Crippen molar-refractivity contribution in [3.63, 3.8) is 0 Å². The second-order valence-corrected chi connectivity index (χ2v) is 8.53. The SMILES string of the molecule is Cc1c([C@@H](N)Nc2nnc(C)c3cnc(N4CC5CC(C4)O5)cc23)cc(F)cc1C(F)(F)F. The van der Waals surface area contributed by atoms with Crippen molar-refractivity contribution >= 4 is 22.4 Å². The Kier molecular flexibility index (Phi) is 5.13. The maximum absolute atomic E-state index is 14.0. The van der Waals surface area contributed by atoms with Crippen LogP contribution in [0.5, 0.6) is 0 Å². The lowest BCUT2D eigenvalue weighted by molar-refractivity contribution is -0.138. The van der Waals surface area contributed by atoms with Crippen LogP contribution in [0.4, 0.5) is 29.2 Å². The van der Waals surface area contributed by atoms with Crippen molar-refractivity contribution in [2.45, 2.75) is 44.8 Å². The maximum Gasteiger partial charge on any atom is 0.416 e. The number of piperidine rings is 1. The standard InChI is InChI=1S/C22H22F4N6O/c1-10-15(3-12(23)4-18(10)22(24,25)26)20(27)29-21-16-6-19(28-7-17(16)11(2)30-31-21)32-8-13-5-14(9-32)33-13/h3-4,6-7,13-14,20H,5,8-9,27H2,1-2H3,(H,29,31)/t13?,14?,20-/m0/s1. The Balaban J connectivity index is 1.50. The molecule has 33 heavy (non-hydrogen) atoms. The van der Waals surface area contributed by atoms with Crippen LogP contribution in [0.3, 0.4) is 0 Å². The van der Waals surface area contributed by atoms with Gasteiger partial charge in [0.1, 0.15) is 17.8 Å². The average molecular weight is 462 g/mol. The number of fused-ring (bicyclic) bond motifs is 3. The number of hydrogen-bond acceptors (Lipinski definition) is 7. The van der Waals surface area contributed by atoms with Crippen molar-refractivity contribution in [3.05, 3.63) is 52.6 Å². The summed E-state index contributed by atoms with van der Waals surface area (Å²) in [6.45, 7) is 4.52. The minimum Gasteiger partial charge on any atom is -0.371 e. The molecular weight excluding hydrogens is 440 g/mol. The number of ether oxygens (including phenoxy) is 1. The fraction of sp³-hybridized carbons (Fsp3) is 0.409. The number of nitrogens with one attached hydrogen (secondary N) is 1. The molecule has 0 aliphatic carbocycles. The van der Waals surface area contributed by atoms with Gasteiger partial charge in [0.25, 0.3) is 0 Å². The largest absolute Gasteiger partial charge is 0.416 e. The van der Waals surface area contributed by atoms with Crippen molar-refractivity contribution < 1.29 is 22.3 Å². The Hall–Kier alpha value is -3.05. The van der Waals surface area contributed by atoms with E-state index in [2.05, 4.69) is 25.4 Å². The van der Waals surface area contributed by atoms with E-state index in [0.717, 1.165) is 36.8 Å². The van der Waals surface area contributed by atoms with E-state index in [1.165, 1.54) is 6.92 Å². The summed E-state index contributed by atoms with van der Waals surface area (Å²) in [5.74, 6) is 0.00518. The molecule has 3 atom stereocenters. The van der Waals surface area contributed by atoms with Gasteiger partial charge in [-0.25, -0.2) is 9.37 Å². The van der Waals surface area contributed by atoms with Gasteiger partial charge in [-0.15, -0.1) is 5.10 Å². The summed E-state index contributed by atoms with van der Waals surface area (Å²) in [6, 6.07) is 3.33. The molecule has 3 aliphatic heterocycles. The van der Waals surface area contributed by atoms with E-state index in [0.29, 0.717) is 17.1 Å². The second kappa shape index (κ2) is 7.77. The van der Waals surface area contributed by atoms with Gasteiger partial charge in [-0.1, -0.05) is 0 Å². The molecule has 3 aliphatic rings. The third-order valence-corrected chi connectivity index (χ3v) is 6.26. The van der Waals surface area contributed by atoms with Gasteiger partial charge in [0.15, 0.2) is 5.82 Å². The molecule has 2 unspecified atom stereocenters.